The van der Waals surface area contributed by atoms with Crippen LogP contribution in [0.5, 0.6) is 0 Å². The molecular formula is C19H23F3N6O. The molecule has 4 rings (SSSR count). The third kappa shape index (κ3) is 3.67. The van der Waals surface area contributed by atoms with Crippen LogP contribution in [-0.4, -0.2) is 49.3 Å². The number of likely N-dealkylation sites (tertiary alicyclic amines) is 1. The van der Waals surface area contributed by atoms with Gasteiger partial charge in [-0.1, -0.05) is 6.92 Å². The number of fused-ring (bicyclic) bond motifs is 1. The molecule has 7 nitrogen and oxygen atoms in total. The van der Waals surface area contributed by atoms with Gasteiger partial charge in [-0.15, -0.1) is 0 Å². The van der Waals surface area contributed by atoms with Crippen LogP contribution in [0.2, 0.25) is 0 Å². The number of nitrogens with one attached hydrogen (secondary N) is 1. The Morgan fingerprint density at radius 3 is 2.76 bits per heavy atom. The number of carbonyl (C=O) groups is 1. The van der Waals surface area contributed by atoms with Crippen molar-refractivity contribution in [3.8, 4) is 0 Å². The van der Waals surface area contributed by atoms with Gasteiger partial charge < -0.3 is 10.2 Å². The predicted octanol–water partition coefficient (Wildman–Crippen LogP) is 3.66. The van der Waals surface area contributed by atoms with Crippen molar-refractivity contribution in [1.82, 2.24) is 24.6 Å². The summed E-state index contributed by atoms with van der Waals surface area (Å²) >= 11 is 0. The number of halogens is 3. The topological polar surface area (TPSA) is 75.9 Å². The maximum Gasteiger partial charge on any atom is 0.410 e. The molecule has 2 aromatic heterocycles. The Balaban J connectivity index is 1.64. The van der Waals surface area contributed by atoms with Gasteiger partial charge in [-0.05, 0) is 32.6 Å². The van der Waals surface area contributed by atoms with E-state index in [4.69, 9.17) is 0 Å². The Bertz CT molecular complexity index is 894. The van der Waals surface area contributed by atoms with E-state index in [-0.39, 0.29) is 30.1 Å². The normalized spacial score (nSPS) is 24.3. The van der Waals surface area contributed by atoms with Crippen LogP contribution >= 0.6 is 0 Å². The number of carbonyl (C=O) groups excluding carboxylic acids is 1. The van der Waals surface area contributed by atoms with Crippen molar-refractivity contribution >= 4 is 11.7 Å². The molecule has 29 heavy (non-hydrogen) atoms. The Morgan fingerprint density at radius 2 is 2.10 bits per heavy atom. The lowest BCUT2D eigenvalue weighted by atomic mass is 10.0. The zero-order chi connectivity index (χ0) is 20.8. The summed E-state index contributed by atoms with van der Waals surface area (Å²) in [6.07, 6.45) is 0.513. The number of alkyl halides is 3. The lowest BCUT2D eigenvalue weighted by Crippen LogP contribution is -2.39. The maximum absolute atomic E-state index is 13.6. The molecular weight excluding hydrogens is 385 g/mol. The van der Waals surface area contributed by atoms with Gasteiger partial charge in [0.25, 0.3) is 5.91 Å². The van der Waals surface area contributed by atoms with E-state index in [0.717, 1.165) is 11.1 Å². The lowest BCUT2D eigenvalue weighted by molar-refractivity contribution is -0.173. The smallest absolute Gasteiger partial charge is 0.367 e. The Hall–Kier alpha value is -2.65. The van der Waals surface area contributed by atoms with Crippen molar-refractivity contribution < 1.29 is 18.0 Å². The van der Waals surface area contributed by atoms with Crippen molar-refractivity contribution in [2.75, 3.05) is 11.9 Å². The third-order valence-corrected chi connectivity index (χ3v) is 5.64. The van der Waals surface area contributed by atoms with Gasteiger partial charge in [0, 0.05) is 24.8 Å². The first-order valence-corrected chi connectivity index (χ1v) is 9.80. The minimum absolute atomic E-state index is 0.0552. The van der Waals surface area contributed by atoms with Crippen LogP contribution in [0.15, 0.2) is 18.5 Å². The van der Waals surface area contributed by atoms with Gasteiger partial charge >= 0.3 is 6.18 Å². The number of aryl methyl sites for hydroxylation is 1. The van der Waals surface area contributed by atoms with E-state index in [9.17, 15) is 18.0 Å². The van der Waals surface area contributed by atoms with Crippen molar-refractivity contribution in [2.45, 2.75) is 63.8 Å². The van der Waals surface area contributed by atoms with Crippen LogP contribution in [0.4, 0.5) is 19.0 Å². The van der Waals surface area contributed by atoms with Crippen molar-refractivity contribution in [3.63, 3.8) is 0 Å². The summed E-state index contributed by atoms with van der Waals surface area (Å²) in [5.41, 5.74) is 1.41. The van der Waals surface area contributed by atoms with Gasteiger partial charge in [-0.3, -0.25) is 9.78 Å². The highest BCUT2D eigenvalue weighted by Crippen LogP contribution is 2.42. The highest BCUT2D eigenvalue weighted by atomic mass is 19.4. The van der Waals surface area contributed by atoms with E-state index in [0.29, 0.717) is 36.6 Å². The average Bonchev–Trinajstić information content (AvgIpc) is 3.32. The van der Waals surface area contributed by atoms with Gasteiger partial charge in [0.2, 0.25) is 0 Å². The fourth-order valence-electron chi connectivity index (χ4n) is 4.07. The van der Waals surface area contributed by atoms with Crippen LogP contribution < -0.4 is 5.32 Å². The number of hydrogen-bond acceptors (Lipinski definition) is 5. The van der Waals surface area contributed by atoms with Crippen molar-refractivity contribution in [2.24, 2.45) is 0 Å². The summed E-state index contributed by atoms with van der Waals surface area (Å²) in [5, 5.41) is 7.44. The highest BCUT2D eigenvalue weighted by Gasteiger charge is 2.46. The second-order valence-corrected chi connectivity index (χ2v) is 7.64. The fraction of sp³-hybridized carbons (Fsp3) is 0.579. The van der Waals surface area contributed by atoms with E-state index in [1.807, 2.05) is 6.92 Å². The Kier molecular flexibility index (Phi) is 4.95. The van der Waals surface area contributed by atoms with Crippen LogP contribution in [0.25, 0.3) is 0 Å². The largest absolute Gasteiger partial charge is 0.410 e. The molecule has 156 valence electrons. The van der Waals surface area contributed by atoms with E-state index in [1.165, 1.54) is 12.4 Å². The summed E-state index contributed by atoms with van der Waals surface area (Å²) in [7, 11) is 0. The summed E-state index contributed by atoms with van der Waals surface area (Å²) < 4.78 is 41.9. The SMILES string of the molecule is CC[C@@H]1C[C@H](C(F)(F)F)n2nc(C3CCCN3C(=O)c3cnc(C)cn3)cc2N1. The van der Waals surface area contributed by atoms with Crippen LogP contribution in [0.1, 0.15) is 66.6 Å². The number of rotatable bonds is 3. The number of aromatic nitrogens is 4. The third-order valence-electron chi connectivity index (χ3n) is 5.64. The minimum Gasteiger partial charge on any atom is -0.367 e. The number of hydrogen-bond donors (Lipinski definition) is 1. The lowest BCUT2D eigenvalue weighted by Gasteiger charge is -2.32. The first-order chi connectivity index (χ1) is 13.8. The molecule has 4 heterocycles. The van der Waals surface area contributed by atoms with Gasteiger partial charge in [-0.25, -0.2) is 9.67 Å². The van der Waals surface area contributed by atoms with Gasteiger partial charge in [0.05, 0.1) is 23.6 Å². The molecule has 3 atom stereocenters. The first-order valence-electron chi connectivity index (χ1n) is 9.80. The molecule has 0 radical (unpaired) electrons. The number of amides is 1. The molecule has 10 heteroatoms. The Morgan fingerprint density at radius 1 is 1.31 bits per heavy atom. The van der Waals surface area contributed by atoms with Crippen LogP contribution in [0, 0.1) is 6.92 Å². The van der Waals surface area contributed by atoms with Gasteiger partial charge in [0.1, 0.15) is 11.5 Å². The molecule has 1 saturated heterocycles. The molecule has 1 N–H and O–H groups in total. The first kappa shape index (κ1) is 19.7. The molecule has 2 aliphatic rings. The monoisotopic (exact) mass is 408 g/mol. The molecule has 0 aliphatic carbocycles. The molecule has 0 aromatic carbocycles. The number of nitrogens with zero attached hydrogens (tertiary/aromatic N) is 5. The second-order valence-electron chi connectivity index (χ2n) is 7.64. The van der Waals surface area contributed by atoms with E-state index in [1.54, 1.807) is 17.9 Å². The molecule has 2 aliphatic heterocycles. The maximum atomic E-state index is 13.6. The number of anilines is 1. The van der Waals surface area contributed by atoms with E-state index < -0.39 is 12.2 Å². The summed E-state index contributed by atoms with van der Waals surface area (Å²) in [5.74, 6) is 0.0765. The second kappa shape index (κ2) is 7.31. The fourth-order valence-corrected chi connectivity index (χ4v) is 4.07. The van der Waals surface area contributed by atoms with E-state index >= 15 is 0 Å². The minimum atomic E-state index is -4.38. The van der Waals surface area contributed by atoms with Crippen LogP contribution in [-0.2, 0) is 0 Å². The summed E-state index contributed by atoms with van der Waals surface area (Å²) in [4.78, 5) is 22.8. The molecule has 1 unspecified atom stereocenters. The Labute approximate surface area is 166 Å². The average molecular weight is 408 g/mol. The van der Waals surface area contributed by atoms with E-state index in [2.05, 4.69) is 20.4 Å². The standard InChI is InChI=1S/C19H23F3N6O/c1-3-12-7-16(19(20,21)22)28-17(25-12)8-13(26-28)15-5-4-6-27(15)18(29)14-10-23-11(2)9-24-14/h8-10,12,15-16,25H,3-7H2,1-2H3/t12-,15?,16-/m1/s1. The zero-order valence-corrected chi connectivity index (χ0v) is 16.3. The van der Waals surface area contributed by atoms with Crippen LogP contribution in [0.3, 0.4) is 0 Å². The van der Waals surface area contributed by atoms with Crippen molar-refractivity contribution in [1.29, 1.82) is 0 Å². The molecule has 0 spiro atoms. The van der Waals surface area contributed by atoms with Gasteiger partial charge in [-0.2, -0.15) is 18.3 Å². The summed E-state index contributed by atoms with van der Waals surface area (Å²) in [6, 6.07) is -0.647. The molecule has 1 fully saturated rings. The quantitative estimate of drug-likeness (QED) is 0.839. The van der Waals surface area contributed by atoms with Gasteiger partial charge in [0.15, 0.2) is 6.04 Å². The molecule has 1 amide bonds. The molecule has 0 bridgehead atoms. The molecule has 2 aromatic rings. The zero-order valence-electron chi connectivity index (χ0n) is 16.3. The van der Waals surface area contributed by atoms with Crippen molar-refractivity contribution in [3.05, 3.63) is 35.5 Å². The highest BCUT2D eigenvalue weighted by molar-refractivity contribution is 5.92. The predicted molar refractivity (Wildman–Crippen MR) is 99.4 cm³/mol. The summed E-state index contributed by atoms with van der Waals surface area (Å²) in [6.45, 7) is 4.15. The molecule has 0 saturated carbocycles.